The molecule has 96 valence electrons. The minimum absolute atomic E-state index is 0.411. The maximum atomic E-state index is 10.4. The van der Waals surface area contributed by atoms with Crippen LogP contribution in [0.4, 0.5) is 10.5 Å². The average molecular weight is 268 g/mol. The average Bonchev–Trinajstić information content (AvgIpc) is 2.88. The second-order valence-corrected chi connectivity index (χ2v) is 4.60. The Balaban J connectivity index is 2.04. The van der Waals surface area contributed by atoms with Gasteiger partial charge in [-0.25, -0.2) is 9.78 Å². The predicted molar refractivity (Wildman–Crippen MR) is 65.7 cm³/mol. The molecule has 1 amide bonds. The number of nitrogens with zero attached hydrogens (tertiary/aromatic N) is 3. The quantitative estimate of drug-likeness (QED) is 0.780. The van der Waals surface area contributed by atoms with E-state index in [2.05, 4.69) is 15.4 Å². The third-order valence-electron chi connectivity index (χ3n) is 2.14. The van der Waals surface area contributed by atoms with E-state index in [1.54, 1.807) is 17.8 Å². The summed E-state index contributed by atoms with van der Waals surface area (Å²) >= 11 is 1.38. The molecule has 7 nitrogen and oxygen atoms in total. The van der Waals surface area contributed by atoms with Crippen molar-refractivity contribution in [3.05, 3.63) is 28.5 Å². The molecule has 0 bridgehead atoms. The summed E-state index contributed by atoms with van der Waals surface area (Å²) in [6.45, 7) is 2.09. The lowest BCUT2D eigenvalue weighted by molar-refractivity contribution is 0.198. The van der Waals surface area contributed by atoms with Crippen LogP contribution in [0.1, 0.15) is 23.7 Å². The van der Waals surface area contributed by atoms with Gasteiger partial charge in [-0.2, -0.15) is 5.10 Å². The van der Waals surface area contributed by atoms with Crippen LogP contribution < -0.4 is 5.32 Å². The van der Waals surface area contributed by atoms with Gasteiger partial charge in [0.25, 0.3) is 0 Å². The van der Waals surface area contributed by atoms with Gasteiger partial charge in [0.15, 0.2) is 0 Å². The monoisotopic (exact) mass is 268 g/mol. The number of rotatable bonds is 4. The molecule has 2 aromatic heterocycles. The van der Waals surface area contributed by atoms with Crippen LogP contribution in [0, 0.1) is 0 Å². The van der Waals surface area contributed by atoms with E-state index >= 15 is 0 Å². The maximum absolute atomic E-state index is 10.4. The molecule has 0 aliphatic heterocycles. The van der Waals surface area contributed by atoms with Gasteiger partial charge in [0, 0.05) is 11.6 Å². The normalized spacial score (nSPS) is 12.3. The Morgan fingerprint density at radius 1 is 1.67 bits per heavy atom. The van der Waals surface area contributed by atoms with E-state index in [-0.39, 0.29) is 0 Å². The van der Waals surface area contributed by atoms with Crippen LogP contribution in [-0.4, -0.2) is 31.1 Å². The highest BCUT2D eigenvalue weighted by atomic mass is 32.1. The molecule has 1 unspecified atom stereocenters. The van der Waals surface area contributed by atoms with Crippen LogP contribution in [0.3, 0.4) is 0 Å². The molecular weight excluding hydrogens is 256 g/mol. The number of carboxylic acid groups (broad SMARTS) is 1. The van der Waals surface area contributed by atoms with Crippen molar-refractivity contribution >= 4 is 23.1 Å². The van der Waals surface area contributed by atoms with Crippen molar-refractivity contribution in [1.82, 2.24) is 14.8 Å². The summed E-state index contributed by atoms with van der Waals surface area (Å²) in [4.78, 5) is 14.7. The van der Waals surface area contributed by atoms with Crippen LogP contribution >= 0.6 is 11.3 Å². The Labute approximate surface area is 107 Å². The molecule has 8 heteroatoms. The molecule has 0 saturated carbocycles. The largest absolute Gasteiger partial charge is 0.465 e. The number of hydrogen-bond acceptors (Lipinski definition) is 5. The highest BCUT2D eigenvalue weighted by molar-refractivity contribution is 7.09. The fourth-order valence-electron chi connectivity index (χ4n) is 1.39. The number of anilines is 1. The zero-order chi connectivity index (χ0) is 13.1. The Hall–Kier alpha value is -1.93. The summed E-state index contributed by atoms with van der Waals surface area (Å²) < 4.78 is 1.58. The Kier molecular flexibility index (Phi) is 3.58. The first-order valence-corrected chi connectivity index (χ1v) is 6.07. The van der Waals surface area contributed by atoms with Crippen LogP contribution in [0.5, 0.6) is 0 Å². The third kappa shape index (κ3) is 3.05. The lowest BCUT2D eigenvalue weighted by atomic mass is 10.4. The van der Waals surface area contributed by atoms with Crippen LogP contribution in [-0.2, 0) is 6.54 Å². The second kappa shape index (κ2) is 5.15. The predicted octanol–water partition coefficient (Wildman–Crippen LogP) is 1.53. The molecule has 0 aliphatic carbocycles. The van der Waals surface area contributed by atoms with Gasteiger partial charge in [-0.15, -0.1) is 11.3 Å². The fraction of sp³-hybridized carbons (Fsp3) is 0.300. The van der Waals surface area contributed by atoms with Gasteiger partial charge in [0.1, 0.15) is 11.1 Å². The van der Waals surface area contributed by atoms with Gasteiger partial charge < -0.3 is 10.2 Å². The van der Waals surface area contributed by atoms with E-state index < -0.39 is 12.2 Å². The smallest absolute Gasteiger partial charge is 0.409 e. The molecule has 0 radical (unpaired) electrons. The van der Waals surface area contributed by atoms with Crippen LogP contribution in [0.15, 0.2) is 17.8 Å². The number of hydrogen-bond donors (Lipinski definition) is 3. The van der Waals surface area contributed by atoms with E-state index in [0.29, 0.717) is 17.2 Å². The molecule has 1 atom stereocenters. The summed E-state index contributed by atoms with van der Waals surface area (Å²) in [7, 11) is 0. The molecular formula is C10H12N4O3S. The standard InChI is InChI=1S/C10H12N4O3S/c1-6(15)9-12-8(5-18-9)4-14-3-7(2-11-14)13-10(16)17/h2-3,5-6,13,15H,4H2,1H3,(H,16,17). The highest BCUT2D eigenvalue weighted by Crippen LogP contribution is 2.18. The van der Waals surface area contributed by atoms with Crippen LogP contribution in [0.25, 0.3) is 0 Å². The van der Waals surface area contributed by atoms with Crippen molar-refractivity contribution in [3.63, 3.8) is 0 Å². The van der Waals surface area contributed by atoms with E-state index in [1.807, 2.05) is 5.38 Å². The van der Waals surface area contributed by atoms with Gasteiger partial charge in [0.2, 0.25) is 0 Å². The van der Waals surface area contributed by atoms with Gasteiger partial charge in [0.05, 0.1) is 24.1 Å². The first kappa shape index (κ1) is 12.5. The maximum Gasteiger partial charge on any atom is 0.409 e. The number of amides is 1. The van der Waals surface area contributed by atoms with Crippen molar-refractivity contribution in [2.24, 2.45) is 0 Å². The highest BCUT2D eigenvalue weighted by Gasteiger charge is 2.08. The van der Waals surface area contributed by atoms with Gasteiger partial charge in [-0.1, -0.05) is 0 Å². The van der Waals surface area contributed by atoms with Crippen molar-refractivity contribution < 1.29 is 15.0 Å². The van der Waals surface area contributed by atoms with E-state index in [0.717, 1.165) is 5.69 Å². The molecule has 0 fully saturated rings. The first-order valence-electron chi connectivity index (χ1n) is 5.19. The molecule has 0 aliphatic rings. The van der Waals surface area contributed by atoms with Gasteiger partial charge in [-0.3, -0.25) is 10.00 Å². The summed E-state index contributed by atoms with van der Waals surface area (Å²) in [5.41, 5.74) is 1.19. The Morgan fingerprint density at radius 3 is 3.06 bits per heavy atom. The zero-order valence-electron chi connectivity index (χ0n) is 9.57. The summed E-state index contributed by atoms with van der Waals surface area (Å²) in [6.07, 6.45) is 1.30. The molecule has 0 spiro atoms. The lowest BCUT2D eigenvalue weighted by Crippen LogP contribution is -2.06. The minimum atomic E-state index is -1.13. The summed E-state index contributed by atoms with van der Waals surface area (Å²) in [5.74, 6) is 0. The van der Waals surface area contributed by atoms with Crippen molar-refractivity contribution in [1.29, 1.82) is 0 Å². The summed E-state index contributed by atoms with van der Waals surface area (Å²) in [5, 5.41) is 26.6. The van der Waals surface area contributed by atoms with Crippen molar-refractivity contribution in [2.45, 2.75) is 19.6 Å². The number of aliphatic hydroxyl groups is 1. The van der Waals surface area contributed by atoms with Gasteiger partial charge >= 0.3 is 6.09 Å². The number of nitrogens with one attached hydrogen (secondary N) is 1. The molecule has 2 heterocycles. The molecule has 0 saturated heterocycles. The first-order chi connectivity index (χ1) is 8.54. The zero-order valence-corrected chi connectivity index (χ0v) is 10.4. The lowest BCUT2D eigenvalue weighted by Gasteiger charge is -1.98. The molecule has 0 aromatic carbocycles. The fourth-order valence-corrected chi connectivity index (χ4v) is 2.14. The second-order valence-electron chi connectivity index (χ2n) is 3.71. The van der Waals surface area contributed by atoms with E-state index in [1.165, 1.54) is 17.5 Å². The SMILES string of the molecule is CC(O)c1nc(Cn2cc(NC(=O)O)cn2)cs1. The number of aliphatic hydroxyl groups excluding tert-OH is 1. The minimum Gasteiger partial charge on any atom is -0.465 e. The number of thiazole rings is 1. The van der Waals surface area contributed by atoms with Gasteiger partial charge in [-0.05, 0) is 6.92 Å². The number of carbonyl (C=O) groups is 1. The van der Waals surface area contributed by atoms with E-state index in [4.69, 9.17) is 5.11 Å². The topological polar surface area (TPSA) is 100 Å². The number of aromatic nitrogens is 3. The molecule has 18 heavy (non-hydrogen) atoms. The Bertz CT molecular complexity index is 549. The van der Waals surface area contributed by atoms with Crippen molar-refractivity contribution in [2.75, 3.05) is 5.32 Å². The Morgan fingerprint density at radius 2 is 2.44 bits per heavy atom. The molecule has 2 rings (SSSR count). The molecule has 2 aromatic rings. The summed E-state index contributed by atoms with van der Waals surface area (Å²) in [6, 6.07) is 0. The third-order valence-corrected chi connectivity index (χ3v) is 3.20. The van der Waals surface area contributed by atoms with E-state index in [9.17, 15) is 9.90 Å². The molecule has 3 N–H and O–H groups in total. The van der Waals surface area contributed by atoms with Crippen LogP contribution in [0.2, 0.25) is 0 Å². The van der Waals surface area contributed by atoms with Crippen molar-refractivity contribution in [3.8, 4) is 0 Å².